The molecule has 0 aliphatic heterocycles. The fraction of sp³-hybridized carbons (Fsp3) is 0.860. The Bertz CT molecular complexity index is 736. The van der Waals surface area contributed by atoms with E-state index < -0.39 is 36.8 Å². The SMILES string of the molecule is CCCC/C=[C](/C/C=C(\C#[C][Sn]([CH2]CCC)([CH2]CCC)[CH2]CCC)CCCCCCCC)[Sn]([CH2]CCC)([CH2]CCC)[CH2]CCC. The van der Waals surface area contributed by atoms with Crippen LogP contribution in [0.15, 0.2) is 21.3 Å². The monoisotopic (exact) mass is 840 g/mol. The van der Waals surface area contributed by atoms with Crippen molar-refractivity contribution in [2.75, 3.05) is 0 Å². The Morgan fingerprint density at radius 1 is 0.444 bits per heavy atom. The number of rotatable bonds is 31. The van der Waals surface area contributed by atoms with Crippen molar-refractivity contribution >= 4 is 36.8 Å². The first-order chi connectivity index (χ1) is 22.0. The van der Waals surface area contributed by atoms with E-state index in [0.29, 0.717) is 0 Å². The molecule has 0 atom stereocenters. The van der Waals surface area contributed by atoms with Crippen LogP contribution in [-0.4, -0.2) is 36.8 Å². The normalized spacial score (nSPS) is 12.9. The van der Waals surface area contributed by atoms with Gasteiger partial charge >= 0.3 is 298 Å². The molecule has 0 aromatic carbocycles. The summed E-state index contributed by atoms with van der Waals surface area (Å²) >= 11 is -4.93. The molecule has 0 aliphatic carbocycles. The van der Waals surface area contributed by atoms with Crippen molar-refractivity contribution in [1.82, 2.24) is 0 Å². The molecule has 0 aliphatic rings. The molecule has 0 aromatic heterocycles. The van der Waals surface area contributed by atoms with E-state index >= 15 is 0 Å². The molecule has 0 spiro atoms. The van der Waals surface area contributed by atoms with Gasteiger partial charge in [-0.15, -0.1) is 0 Å². The Hall–Kier alpha value is 0.637. The van der Waals surface area contributed by atoms with Gasteiger partial charge in [0.1, 0.15) is 0 Å². The van der Waals surface area contributed by atoms with E-state index in [0.717, 1.165) is 0 Å². The van der Waals surface area contributed by atoms with Crippen molar-refractivity contribution in [2.24, 2.45) is 0 Å². The maximum atomic E-state index is 4.31. The molecule has 264 valence electrons. The third-order valence-electron chi connectivity index (χ3n) is 10.5. The zero-order valence-electron chi connectivity index (χ0n) is 32.7. The summed E-state index contributed by atoms with van der Waals surface area (Å²) < 4.78 is 15.6. The minimum atomic E-state index is -2.48. The molecule has 45 heavy (non-hydrogen) atoms. The molecule has 0 rings (SSSR count). The predicted octanol–water partition coefficient (Wildman–Crippen LogP) is 16.0. The topological polar surface area (TPSA) is 0 Å². The first kappa shape index (κ1) is 45.6. The quantitative estimate of drug-likeness (QED) is 0.0371. The summed E-state index contributed by atoms with van der Waals surface area (Å²) in [5, 5.41) is 0. The van der Waals surface area contributed by atoms with Crippen molar-refractivity contribution in [3.8, 4) is 9.86 Å². The summed E-state index contributed by atoms with van der Waals surface area (Å²) in [6.07, 6.45) is 37.1. The molecular formula is C43H84Sn2. The van der Waals surface area contributed by atoms with Gasteiger partial charge in [0.25, 0.3) is 0 Å². The van der Waals surface area contributed by atoms with E-state index in [9.17, 15) is 0 Å². The van der Waals surface area contributed by atoms with Crippen LogP contribution in [-0.2, 0) is 0 Å². The molecule has 0 heterocycles. The summed E-state index contributed by atoms with van der Waals surface area (Å²) in [5.41, 5.74) is 1.55. The van der Waals surface area contributed by atoms with Crippen LogP contribution in [0.3, 0.4) is 0 Å². The molecular weight excluding hydrogens is 754 g/mol. The van der Waals surface area contributed by atoms with Crippen LogP contribution in [0.25, 0.3) is 0 Å². The number of unbranched alkanes of at least 4 members (excludes halogenated alkanes) is 13. The molecule has 0 N–H and O–H groups in total. The van der Waals surface area contributed by atoms with Crippen LogP contribution in [0.5, 0.6) is 0 Å². The van der Waals surface area contributed by atoms with Crippen LogP contribution in [0, 0.1) is 9.86 Å². The van der Waals surface area contributed by atoms with Gasteiger partial charge in [0.05, 0.1) is 0 Å². The van der Waals surface area contributed by atoms with Crippen LogP contribution in [0.1, 0.15) is 203 Å². The third kappa shape index (κ3) is 22.1. The molecule has 0 amide bonds. The van der Waals surface area contributed by atoms with Gasteiger partial charge in [-0.1, -0.05) is 0 Å². The van der Waals surface area contributed by atoms with Crippen molar-refractivity contribution < 1.29 is 0 Å². The van der Waals surface area contributed by atoms with Gasteiger partial charge in [0, 0.05) is 0 Å². The predicted molar refractivity (Wildman–Crippen MR) is 216 cm³/mol. The van der Waals surface area contributed by atoms with Gasteiger partial charge in [0.2, 0.25) is 0 Å². The molecule has 2 heteroatoms. The van der Waals surface area contributed by atoms with Crippen molar-refractivity contribution in [2.45, 2.75) is 230 Å². The summed E-state index contributed by atoms with van der Waals surface area (Å²) in [6.45, 7) is 19.2. The van der Waals surface area contributed by atoms with Crippen LogP contribution in [0.2, 0.25) is 26.6 Å². The first-order valence-electron chi connectivity index (χ1n) is 20.9. The van der Waals surface area contributed by atoms with Crippen molar-refractivity contribution in [1.29, 1.82) is 0 Å². The Morgan fingerprint density at radius 2 is 0.867 bits per heavy atom. The van der Waals surface area contributed by atoms with E-state index in [1.807, 2.05) is 3.59 Å². The first-order valence-corrected chi connectivity index (χ1v) is 35.8. The van der Waals surface area contributed by atoms with E-state index in [1.165, 1.54) is 161 Å². The number of allylic oxidation sites excluding steroid dienone is 4. The zero-order valence-corrected chi connectivity index (χ0v) is 38.4. The number of hydrogen-bond donors (Lipinski definition) is 0. The Balaban J connectivity index is 6.71. The standard InChI is InChI=1S/C19H30.6C4H9.2Sn/c1-4-7-9-11-13-15-17-19(6-3)18-16-14-12-10-8-5-2;6*1-3-4-2;;/h11,17H,4-5,7-10,12,14-16,18H2,1-2H3;6*1,3-4H2,2H3;;/b13-11?,19-17+;;;;;;;;. The summed E-state index contributed by atoms with van der Waals surface area (Å²) in [7, 11) is 0. The second kappa shape index (κ2) is 31.9. The van der Waals surface area contributed by atoms with Crippen LogP contribution in [0.4, 0.5) is 0 Å². The molecule has 0 fully saturated rings. The van der Waals surface area contributed by atoms with Crippen LogP contribution >= 0.6 is 0 Å². The van der Waals surface area contributed by atoms with E-state index in [-0.39, 0.29) is 0 Å². The van der Waals surface area contributed by atoms with E-state index in [2.05, 4.69) is 77.4 Å². The second-order valence-corrected chi connectivity index (χ2v) is 40.5. The van der Waals surface area contributed by atoms with E-state index in [1.54, 1.807) is 18.9 Å². The minimum absolute atomic E-state index is 1.24. The van der Waals surface area contributed by atoms with Crippen molar-refractivity contribution in [3.05, 3.63) is 21.3 Å². The maximum absolute atomic E-state index is 4.31. The number of hydrogen-bond acceptors (Lipinski definition) is 0. The Kier molecular flexibility index (Phi) is 32.3. The van der Waals surface area contributed by atoms with Gasteiger partial charge in [-0.05, 0) is 0 Å². The summed E-state index contributed by atoms with van der Waals surface area (Å²) in [5.74, 6) is 4.09. The van der Waals surface area contributed by atoms with Gasteiger partial charge in [0.15, 0.2) is 0 Å². The third-order valence-corrected chi connectivity index (χ3v) is 39.9. The zero-order chi connectivity index (χ0) is 33.5. The van der Waals surface area contributed by atoms with Crippen molar-refractivity contribution in [3.63, 3.8) is 0 Å². The molecule has 0 aromatic rings. The van der Waals surface area contributed by atoms with Gasteiger partial charge < -0.3 is 0 Å². The summed E-state index contributed by atoms with van der Waals surface area (Å²) in [4.78, 5) is 0. The van der Waals surface area contributed by atoms with Crippen LogP contribution < -0.4 is 0 Å². The molecule has 0 saturated carbocycles. The molecule has 0 saturated heterocycles. The molecule has 0 radical (unpaired) electrons. The molecule has 0 nitrogen and oxygen atoms in total. The van der Waals surface area contributed by atoms with Gasteiger partial charge in [-0.3, -0.25) is 0 Å². The van der Waals surface area contributed by atoms with Gasteiger partial charge in [-0.2, -0.15) is 0 Å². The molecule has 0 unspecified atom stereocenters. The molecule has 0 bridgehead atoms. The second-order valence-electron chi connectivity index (χ2n) is 14.8. The fourth-order valence-electron chi connectivity index (χ4n) is 7.26. The average Bonchev–Trinajstić information content (AvgIpc) is 3.06. The Labute approximate surface area is 295 Å². The van der Waals surface area contributed by atoms with E-state index in [4.69, 9.17) is 0 Å². The fourth-order valence-corrected chi connectivity index (χ4v) is 37.4. The summed E-state index contributed by atoms with van der Waals surface area (Å²) in [6, 6.07) is 0. The Morgan fingerprint density at radius 3 is 1.33 bits per heavy atom. The average molecular weight is 839 g/mol. The van der Waals surface area contributed by atoms with Gasteiger partial charge in [-0.25, -0.2) is 0 Å².